The van der Waals surface area contributed by atoms with Crippen molar-refractivity contribution in [1.29, 1.82) is 0 Å². The number of hydrogen-bond acceptors (Lipinski definition) is 3. The topological polar surface area (TPSA) is 36.4 Å². The highest BCUT2D eigenvalue weighted by Gasteiger charge is 2.48. The highest BCUT2D eigenvalue weighted by atomic mass is 16.2. The van der Waals surface area contributed by atoms with Gasteiger partial charge in [-0.2, -0.15) is 0 Å². The second-order valence-electron chi connectivity index (χ2n) is 9.21. The SMILES string of the molecule is CN(C)C1(c2ccccc2)CCC2(CCN(C(=O)CCc3ccncc3)C2)CC1. The Morgan fingerprint density at radius 1 is 1.00 bits per heavy atom. The van der Waals surface area contributed by atoms with Gasteiger partial charge in [0.05, 0.1) is 0 Å². The Kier molecular flexibility index (Phi) is 5.73. The fourth-order valence-corrected chi connectivity index (χ4v) is 5.45. The van der Waals surface area contributed by atoms with Crippen molar-refractivity contribution in [1.82, 2.24) is 14.8 Å². The summed E-state index contributed by atoms with van der Waals surface area (Å²) < 4.78 is 0. The van der Waals surface area contributed by atoms with Gasteiger partial charge in [0.25, 0.3) is 0 Å². The molecular formula is C25H33N3O. The summed E-state index contributed by atoms with van der Waals surface area (Å²) in [5.41, 5.74) is 3.08. The summed E-state index contributed by atoms with van der Waals surface area (Å²) in [6, 6.07) is 15.0. The number of carbonyl (C=O) groups is 1. The Bertz CT molecular complexity index is 810. The monoisotopic (exact) mass is 391 g/mol. The van der Waals surface area contributed by atoms with Gasteiger partial charge in [0.15, 0.2) is 0 Å². The number of benzene rings is 1. The number of carbonyl (C=O) groups excluding carboxylic acids is 1. The van der Waals surface area contributed by atoms with Crippen molar-refractivity contribution in [2.24, 2.45) is 5.41 Å². The zero-order valence-corrected chi connectivity index (χ0v) is 17.8. The molecule has 0 radical (unpaired) electrons. The Morgan fingerprint density at radius 2 is 1.69 bits per heavy atom. The molecule has 2 aromatic rings. The van der Waals surface area contributed by atoms with Gasteiger partial charge in [-0.05, 0) is 81.3 Å². The molecule has 4 heteroatoms. The Hall–Kier alpha value is -2.20. The van der Waals surface area contributed by atoms with Crippen molar-refractivity contribution in [2.75, 3.05) is 27.2 Å². The minimum atomic E-state index is 0.130. The Labute approximate surface area is 174 Å². The molecule has 4 rings (SSSR count). The molecule has 2 heterocycles. The van der Waals surface area contributed by atoms with Crippen molar-refractivity contribution < 1.29 is 4.79 Å². The van der Waals surface area contributed by atoms with Gasteiger partial charge in [-0.1, -0.05) is 30.3 Å². The normalized spacial score (nSPS) is 26.9. The van der Waals surface area contributed by atoms with Crippen molar-refractivity contribution in [2.45, 2.75) is 50.5 Å². The lowest BCUT2D eigenvalue weighted by Crippen LogP contribution is -2.47. The van der Waals surface area contributed by atoms with Crippen LogP contribution in [0.5, 0.6) is 0 Å². The summed E-state index contributed by atoms with van der Waals surface area (Å²) in [6.45, 7) is 1.87. The number of aromatic nitrogens is 1. The van der Waals surface area contributed by atoms with Crippen LogP contribution in [-0.4, -0.2) is 47.9 Å². The molecule has 1 saturated carbocycles. The zero-order chi connectivity index (χ0) is 20.3. The van der Waals surface area contributed by atoms with Crippen molar-refractivity contribution in [3.05, 3.63) is 66.0 Å². The van der Waals surface area contributed by atoms with E-state index in [1.165, 1.54) is 36.8 Å². The van der Waals surface area contributed by atoms with Gasteiger partial charge >= 0.3 is 0 Å². The first-order valence-electron chi connectivity index (χ1n) is 10.9. The van der Waals surface area contributed by atoms with Gasteiger partial charge in [0.2, 0.25) is 5.91 Å². The largest absolute Gasteiger partial charge is 0.342 e. The van der Waals surface area contributed by atoms with Gasteiger partial charge in [-0.3, -0.25) is 14.7 Å². The molecule has 1 aliphatic heterocycles. The molecule has 1 aromatic carbocycles. The molecule has 4 nitrogen and oxygen atoms in total. The molecule has 1 spiro atoms. The van der Waals surface area contributed by atoms with E-state index in [4.69, 9.17) is 0 Å². The average Bonchev–Trinajstić information content (AvgIpc) is 3.18. The van der Waals surface area contributed by atoms with Crippen LogP contribution in [0.15, 0.2) is 54.9 Å². The van der Waals surface area contributed by atoms with Crippen LogP contribution in [0.1, 0.15) is 49.7 Å². The van der Waals surface area contributed by atoms with E-state index in [0.717, 1.165) is 25.9 Å². The van der Waals surface area contributed by atoms with Crippen LogP contribution in [0, 0.1) is 5.41 Å². The second-order valence-corrected chi connectivity index (χ2v) is 9.21. The molecule has 1 aromatic heterocycles. The fraction of sp³-hybridized carbons (Fsp3) is 0.520. The maximum atomic E-state index is 12.8. The van der Waals surface area contributed by atoms with Gasteiger partial charge in [0, 0.05) is 37.4 Å². The summed E-state index contributed by atoms with van der Waals surface area (Å²) in [5, 5.41) is 0. The predicted octanol–water partition coefficient (Wildman–Crippen LogP) is 4.26. The third-order valence-corrected chi connectivity index (χ3v) is 7.47. The van der Waals surface area contributed by atoms with Crippen LogP contribution in [0.2, 0.25) is 0 Å². The highest BCUT2D eigenvalue weighted by molar-refractivity contribution is 5.76. The van der Waals surface area contributed by atoms with Gasteiger partial charge in [0.1, 0.15) is 0 Å². The summed E-state index contributed by atoms with van der Waals surface area (Å²) in [4.78, 5) is 21.4. The summed E-state index contributed by atoms with van der Waals surface area (Å²) >= 11 is 0. The van der Waals surface area contributed by atoms with E-state index in [1.54, 1.807) is 12.4 Å². The van der Waals surface area contributed by atoms with Crippen molar-refractivity contribution in [3.63, 3.8) is 0 Å². The van der Waals surface area contributed by atoms with E-state index in [9.17, 15) is 4.79 Å². The number of rotatable bonds is 5. The van der Waals surface area contributed by atoms with Crippen LogP contribution in [0.3, 0.4) is 0 Å². The lowest BCUT2D eigenvalue weighted by atomic mass is 9.64. The number of pyridine rings is 1. The standard InChI is InChI=1S/C25H33N3O/c1-27(2)25(22-6-4-3-5-7-22)14-12-24(13-15-25)16-19-28(20-24)23(29)9-8-21-10-17-26-18-11-21/h3-7,10-11,17-18H,8-9,12-16,19-20H2,1-2H3. The number of nitrogens with zero attached hydrogens (tertiary/aromatic N) is 3. The molecule has 0 atom stereocenters. The third kappa shape index (κ3) is 4.09. The predicted molar refractivity (Wildman–Crippen MR) is 116 cm³/mol. The molecule has 0 bridgehead atoms. The quantitative estimate of drug-likeness (QED) is 0.764. The first-order valence-corrected chi connectivity index (χ1v) is 10.9. The minimum Gasteiger partial charge on any atom is -0.342 e. The molecule has 1 amide bonds. The van der Waals surface area contributed by atoms with E-state index >= 15 is 0 Å². The van der Waals surface area contributed by atoms with Gasteiger partial charge in [-0.15, -0.1) is 0 Å². The van der Waals surface area contributed by atoms with Crippen LogP contribution in [-0.2, 0) is 16.8 Å². The summed E-state index contributed by atoms with van der Waals surface area (Å²) in [6.07, 6.45) is 10.9. The molecule has 2 fully saturated rings. The van der Waals surface area contributed by atoms with E-state index in [1.807, 2.05) is 12.1 Å². The molecule has 0 N–H and O–H groups in total. The fourth-order valence-electron chi connectivity index (χ4n) is 5.45. The van der Waals surface area contributed by atoms with Crippen LogP contribution >= 0.6 is 0 Å². The lowest BCUT2D eigenvalue weighted by molar-refractivity contribution is -0.130. The van der Waals surface area contributed by atoms with Crippen LogP contribution in [0.25, 0.3) is 0 Å². The van der Waals surface area contributed by atoms with E-state index in [2.05, 4.69) is 59.2 Å². The number of amides is 1. The Morgan fingerprint density at radius 3 is 2.34 bits per heavy atom. The highest BCUT2D eigenvalue weighted by Crippen LogP contribution is 2.51. The minimum absolute atomic E-state index is 0.130. The molecule has 1 aliphatic carbocycles. The lowest BCUT2D eigenvalue weighted by Gasteiger charge is -2.49. The van der Waals surface area contributed by atoms with Gasteiger partial charge < -0.3 is 4.90 Å². The van der Waals surface area contributed by atoms with Gasteiger partial charge in [-0.25, -0.2) is 0 Å². The maximum absolute atomic E-state index is 12.8. The van der Waals surface area contributed by atoms with Crippen molar-refractivity contribution >= 4 is 5.91 Å². The number of aryl methyl sites for hydroxylation is 1. The molecule has 0 unspecified atom stereocenters. The maximum Gasteiger partial charge on any atom is 0.222 e. The molecule has 2 aliphatic rings. The number of hydrogen-bond donors (Lipinski definition) is 0. The summed E-state index contributed by atoms with van der Waals surface area (Å²) in [7, 11) is 4.43. The molecule has 1 saturated heterocycles. The summed E-state index contributed by atoms with van der Waals surface area (Å²) in [5.74, 6) is 0.311. The first-order chi connectivity index (χ1) is 14.0. The number of likely N-dealkylation sites (tertiary alicyclic amines) is 1. The first kappa shape index (κ1) is 20.1. The van der Waals surface area contributed by atoms with Crippen molar-refractivity contribution in [3.8, 4) is 0 Å². The molecule has 29 heavy (non-hydrogen) atoms. The van der Waals surface area contributed by atoms with Crippen LogP contribution < -0.4 is 0 Å². The zero-order valence-electron chi connectivity index (χ0n) is 17.8. The second kappa shape index (κ2) is 8.27. The van der Waals surface area contributed by atoms with Crippen LogP contribution in [0.4, 0.5) is 0 Å². The van der Waals surface area contributed by atoms with E-state index in [-0.39, 0.29) is 5.54 Å². The molecular weight excluding hydrogens is 358 g/mol. The van der Waals surface area contributed by atoms with E-state index < -0.39 is 0 Å². The van der Waals surface area contributed by atoms with E-state index in [0.29, 0.717) is 17.7 Å². The average molecular weight is 392 g/mol. The molecule has 154 valence electrons. The smallest absolute Gasteiger partial charge is 0.222 e. The Balaban J connectivity index is 1.37. The third-order valence-electron chi connectivity index (χ3n) is 7.47.